The minimum Gasteiger partial charge on any atom is -0.382 e. The molecule has 132 valence electrons. The van der Waals surface area contributed by atoms with Crippen molar-refractivity contribution in [3.8, 4) is 0 Å². The molecular formula is C17H23N7O. The van der Waals surface area contributed by atoms with Crippen LogP contribution in [0, 0.1) is 6.92 Å². The molecule has 3 rings (SSSR count). The van der Waals surface area contributed by atoms with Crippen LogP contribution in [0.25, 0.3) is 0 Å². The summed E-state index contributed by atoms with van der Waals surface area (Å²) in [6, 6.07) is 7.43. The van der Waals surface area contributed by atoms with Crippen molar-refractivity contribution in [3.63, 3.8) is 0 Å². The van der Waals surface area contributed by atoms with Crippen molar-refractivity contribution in [3.05, 3.63) is 41.1 Å². The van der Waals surface area contributed by atoms with Crippen LogP contribution < -0.4 is 22.1 Å². The predicted molar refractivity (Wildman–Crippen MR) is 98.0 cm³/mol. The van der Waals surface area contributed by atoms with Gasteiger partial charge < -0.3 is 22.1 Å². The molecular weight excluding hydrogens is 318 g/mol. The summed E-state index contributed by atoms with van der Waals surface area (Å²) in [6.45, 7) is 6.23. The van der Waals surface area contributed by atoms with Crippen molar-refractivity contribution in [2.75, 3.05) is 42.5 Å². The summed E-state index contributed by atoms with van der Waals surface area (Å²) in [4.78, 5) is 24.0. The van der Waals surface area contributed by atoms with E-state index in [4.69, 9.17) is 17.2 Å². The Bertz CT molecular complexity index is 744. The number of nitrogens with two attached hydrogens (primary N) is 3. The number of rotatable bonds is 4. The summed E-state index contributed by atoms with van der Waals surface area (Å²) in [7, 11) is 0. The van der Waals surface area contributed by atoms with Gasteiger partial charge in [-0.1, -0.05) is 12.1 Å². The minimum absolute atomic E-state index is 0.205. The van der Waals surface area contributed by atoms with Gasteiger partial charge in [0.1, 0.15) is 5.69 Å². The van der Waals surface area contributed by atoms with Crippen LogP contribution in [0.3, 0.4) is 0 Å². The molecule has 1 amide bonds. The smallest absolute Gasteiger partial charge is 0.248 e. The quantitative estimate of drug-likeness (QED) is 0.733. The van der Waals surface area contributed by atoms with Crippen LogP contribution in [-0.2, 0) is 6.54 Å². The Balaban J connectivity index is 1.61. The Morgan fingerprint density at radius 1 is 1.08 bits per heavy atom. The molecule has 0 saturated carbocycles. The van der Waals surface area contributed by atoms with Gasteiger partial charge in [-0.2, -0.15) is 4.98 Å². The van der Waals surface area contributed by atoms with Crippen LogP contribution in [0.4, 0.5) is 17.5 Å². The first kappa shape index (κ1) is 17.0. The number of nitrogens with zero attached hydrogens (tertiary/aromatic N) is 4. The van der Waals surface area contributed by atoms with Crippen molar-refractivity contribution < 1.29 is 4.79 Å². The Morgan fingerprint density at radius 2 is 1.72 bits per heavy atom. The fraction of sp³-hybridized carbons (Fsp3) is 0.353. The molecule has 0 unspecified atom stereocenters. The number of anilines is 3. The average molecular weight is 341 g/mol. The van der Waals surface area contributed by atoms with Gasteiger partial charge in [-0.3, -0.25) is 9.69 Å². The summed E-state index contributed by atoms with van der Waals surface area (Å²) in [5.74, 6) is 0.233. The Labute approximate surface area is 146 Å². The van der Waals surface area contributed by atoms with Crippen molar-refractivity contribution in [2.24, 2.45) is 5.73 Å². The monoisotopic (exact) mass is 341 g/mol. The number of nitrogen functional groups attached to an aromatic ring is 2. The highest BCUT2D eigenvalue weighted by atomic mass is 16.1. The molecule has 6 N–H and O–H groups in total. The Morgan fingerprint density at radius 3 is 2.28 bits per heavy atom. The summed E-state index contributed by atoms with van der Waals surface area (Å²) in [5, 5.41) is 0. The van der Waals surface area contributed by atoms with Gasteiger partial charge >= 0.3 is 0 Å². The largest absolute Gasteiger partial charge is 0.382 e. The number of benzene rings is 1. The normalized spacial score (nSPS) is 15.3. The number of aryl methyl sites for hydroxylation is 1. The highest BCUT2D eigenvalue weighted by Gasteiger charge is 2.21. The summed E-state index contributed by atoms with van der Waals surface area (Å²) in [6.07, 6.45) is 0. The van der Waals surface area contributed by atoms with E-state index in [0.29, 0.717) is 11.4 Å². The third-order valence-corrected chi connectivity index (χ3v) is 4.44. The third-order valence-electron chi connectivity index (χ3n) is 4.44. The van der Waals surface area contributed by atoms with E-state index >= 15 is 0 Å². The van der Waals surface area contributed by atoms with E-state index in [1.807, 2.05) is 19.1 Å². The molecule has 0 spiro atoms. The molecule has 0 radical (unpaired) electrons. The first-order valence-corrected chi connectivity index (χ1v) is 8.19. The van der Waals surface area contributed by atoms with Gasteiger partial charge in [0, 0.05) is 38.3 Å². The SMILES string of the molecule is Cc1nc(N)nc(N)c1N1CCN(Cc2ccc(C(N)=O)cc2)CC1. The molecule has 1 aliphatic rings. The van der Waals surface area contributed by atoms with Crippen molar-refractivity contribution >= 4 is 23.4 Å². The number of piperazine rings is 1. The van der Waals surface area contributed by atoms with Crippen molar-refractivity contribution in [2.45, 2.75) is 13.5 Å². The van der Waals surface area contributed by atoms with Gasteiger partial charge in [0.25, 0.3) is 0 Å². The topological polar surface area (TPSA) is 127 Å². The Hall–Kier alpha value is -2.87. The van der Waals surface area contributed by atoms with E-state index in [2.05, 4.69) is 19.8 Å². The molecule has 0 aliphatic carbocycles. The molecule has 1 saturated heterocycles. The maximum absolute atomic E-state index is 11.1. The fourth-order valence-corrected chi connectivity index (χ4v) is 3.16. The Kier molecular flexibility index (Phi) is 4.71. The third kappa shape index (κ3) is 3.80. The van der Waals surface area contributed by atoms with Crippen LogP contribution in [0.15, 0.2) is 24.3 Å². The maximum atomic E-state index is 11.1. The minimum atomic E-state index is -0.404. The van der Waals surface area contributed by atoms with E-state index < -0.39 is 5.91 Å². The summed E-state index contributed by atoms with van der Waals surface area (Å²) >= 11 is 0. The van der Waals surface area contributed by atoms with Gasteiger partial charge in [-0.05, 0) is 24.6 Å². The highest BCUT2D eigenvalue weighted by molar-refractivity contribution is 5.92. The average Bonchev–Trinajstić information content (AvgIpc) is 2.56. The summed E-state index contributed by atoms with van der Waals surface area (Å²) < 4.78 is 0. The first-order valence-electron chi connectivity index (χ1n) is 8.19. The first-order chi connectivity index (χ1) is 11.9. The van der Waals surface area contributed by atoms with Gasteiger partial charge in [0.05, 0.1) is 5.69 Å². The van der Waals surface area contributed by atoms with Gasteiger partial charge in [0.2, 0.25) is 11.9 Å². The lowest BCUT2D eigenvalue weighted by Crippen LogP contribution is -2.46. The van der Waals surface area contributed by atoms with Crippen LogP contribution in [0.1, 0.15) is 21.6 Å². The van der Waals surface area contributed by atoms with E-state index in [0.717, 1.165) is 49.7 Å². The molecule has 1 fully saturated rings. The van der Waals surface area contributed by atoms with Gasteiger partial charge in [0.15, 0.2) is 5.82 Å². The van der Waals surface area contributed by atoms with Crippen LogP contribution in [0.5, 0.6) is 0 Å². The zero-order valence-corrected chi connectivity index (χ0v) is 14.3. The second kappa shape index (κ2) is 6.94. The number of primary amides is 1. The highest BCUT2D eigenvalue weighted by Crippen LogP contribution is 2.26. The molecule has 2 heterocycles. The van der Waals surface area contributed by atoms with Crippen molar-refractivity contribution in [1.29, 1.82) is 0 Å². The number of carbonyl (C=O) groups is 1. The molecule has 1 aliphatic heterocycles. The molecule has 0 bridgehead atoms. The van der Waals surface area contributed by atoms with E-state index in [1.165, 1.54) is 0 Å². The van der Waals surface area contributed by atoms with Crippen LogP contribution in [0.2, 0.25) is 0 Å². The van der Waals surface area contributed by atoms with E-state index in [-0.39, 0.29) is 5.95 Å². The predicted octanol–water partition coefficient (Wildman–Crippen LogP) is 0.371. The molecule has 8 heteroatoms. The number of hydrogen-bond acceptors (Lipinski definition) is 7. The van der Waals surface area contributed by atoms with Crippen LogP contribution in [-0.4, -0.2) is 47.0 Å². The lowest BCUT2D eigenvalue weighted by Gasteiger charge is -2.36. The fourth-order valence-electron chi connectivity index (χ4n) is 3.16. The van der Waals surface area contributed by atoms with E-state index in [9.17, 15) is 4.79 Å². The van der Waals surface area contributed by atoms with Crippen molar-refractivity contribution in [1.82, 2.24) is 14.9 Å². The van der Waals surface area contributed by atoms with E-state index in [1.54, 1.807) is 12.1 Å². The molecule has 0 atom stereocenters. The molecule has 1 aromatic carbocycles. The van der Waals surface area contributed by atoms with Gasteiger partial charge in [-0.25, -0.2) is 4.98 Å². The lowest BCUT2D eigenvalue weighted by molar-refractivity contribution is 0.100. The second-order valence-corrected chi connectivity index (χ2v) is 6.23. The van der Waals surface area contributed by atoms with Crippen LogP contribution >= 0.6 is 0 Å². The standard InChI is InChI=1S/C17H23N7O/c1-11-14(15(18)22-17(20)21-11)24-8-6-23(7-9-24)10-12-2-4-13(5-3-12)16(19)25/h2-5H,6-10H2,1H3,(H2,19,25)(H4,18,20,21,22). The number of hydrogen-bond donors (Lipinski definition) is 3. The zero-order valence-electron chi connectivity index (χ0n) is 14.3. The maximum Gasteiger partial charge on any atom is 0.248 e. The molecule has 8 nitrogen and oxygen atoms in total. The molecule has 25 heavy (non-hydrogen) atoms. The lowest BCUT2D eigenvalue weighted by atomic mass is 10.1. The second-order valence-electron chi connectivity index (χ2n) is 6.23. The molecule has 1 aromatic heterocycles. The number of aromatic nitrogens is 2. The number of amides is 1. The molecule has 2 aromatic rings. The van der Waals surface area contributed by atoms with Gasteiger partial charge in [-0.15, -0.1) is 0 Å². The number of carbonyl (C=O) groups excluding carboxylic acids is 1. The zero-order chi connectivity index (χ0) is 18.0. The summed E-state index contributed by atoms with van der Waals surface area (Å²) in [5.41, 5.74) is 20.3.